The third kappa shape index (κ3) is 5.57. The molecule has 114 valence electrons. The van der Waals surface area contributed by atoms with Crippen LogP contribution in [-0.2, 0) is 19.3 Å². The zero-order valence-corrected chi connectivity index (χ0v) is 15.3. The molecule has 1 N–H and O–H groups in total. The molecular formula is C18H24BrNS. The Balaban J connectivity index is 2.03. The van der Waals surface area contributed by atoms with Crippen LogP contribution in [-0.4, -0.2) is 13.1 Å². The van der Waals surface area contributed by atoms with Crippen molar-refractivity contribution in [2.45, 2.75) is 33.1 Å². The molecule has 1 atom stereocenters. The zero-order valence-electron chi connectivity index (χ0n) is 12.9. The lowest BCUT2D eigenvalue weighted by Gasteiger charge is -2.17. The monoisotopic (exact) mass is 365 g/mol. The Morgan fingerprint density at radius 1 is 1.10 bits per heavy atom. The van der Waals surface area contributed by atoms with E-state index < -0.39 is 0 Å². The van der Waals surface area contributed by atoms with Crippen LogP contribution in [0.3, 0.4) is 0 Å². The lowest BCUT2D eigenvalue weighted by molar-refractivity contribution is 0.481. The number of thiophene rings is 1. The van der Waals surface area contributed by atoms with Gasteiger partial charge >= 0.3 is 0 Å². The quantitative estimate of drug-likeness (QED) is 0.687. The first-order valence-corrected chi connectivity index (χ1v) is 9.35. The molecule has 1 heterocycles. The summed E-state index contributed by atoms with van der Waals surface area (Å²) in [5.41, 5.74) is 1.42. The molecule has 0 saturated carbocycles. The van der Waals surface area contributed by atoms with Gasteiger partial charge in [-0.25, -0.2) is 0 Å². The number of halogens is 1. The van der Waals surface area contributed by atoms with Crippen molar-refractivity contribution in [3.05, 3.63) is 56.2 Å². The minimum Gasteiger partial charge on any atom is -0.317 e. The third-order valence-corrected chi connectivity index (χ3v) is 5.40. The normalized spacial score (nSPS) is 12.5. The van der Waals surface area contributed by atoms with E-state index in [0.29, 0.717) is 5.92 Å². The fraction of sp³-hybridized carbons (Fsp3) is 0.444. The predicted octanol–water partition coefficient (Wildman–Crippen LogP) is 5.08. The minimum absolute atomic E-state index is 0.655. The number of benzene rings is 1. The van der Waals surface area contributed by atoms with E-state index >= 15 is 0 Å². The molecule has 2 rings (SSSR count). The first kappa shape index (κ1) is 16.7. The van der Waals surface area contributed by atoms with Crippen molar-refractivity contribution in [1.82, 2.24) is 5.32 Å². The highest BCUT2D eigenvalue weighted by Gasteiger charge is 2.12. The average Bonchev–Trinajstić information content (AvgIpc) is 2.92. The second kappa shape index (κ2) is 8.72. The standard InChI is InChI=1S/C18H24BrNS/c1-3-17-8-9-18(21-17)12-15(13-20-4-2)10-14-6-5-7-16(19)11-14/h5-9,11,15,20H,3-4,10,12-13H2,1-2H3. The van der Waals surface area contributed by atoms with Crippen molar-refractivity contribution in [3.8, 4) is 0 Å². The molecule has 0 amide bonds. The van der Waals surface area contributed by atoms with Gasteiger partial charge in [0.1, 0.15) is 0 Å². The van der Waals surface area contributed by atoms with Crippen molar-refractivity contribution >= 4 is 27.3 Å². The van der Waals surface area contributed by atoms with Crippen molar-refractivity contribution in [1.29, 1.82) is 0 Å². The molecule has 0 bridgehead atoms. The van der Waals surface area contributed by atoms with Gasteiger partial charge in [-0.1, -0.05) is 41.9 Å². The van der Waals surface area contributed by atoms with Crippen LogP contribution in [0.25, 0.3) is 0 Å². The first-order valence-electron chi connectivity index (χ1n) is 7.74. The highest BCUT2D eigenvalue weighted by atomic mass is 79.9. The molecule has 1 aromatic heterocycles. The molecule has 0 aliphatic heterocycles. The number of aryl methyl sites for hydroxylation is 1. The molecule has 2 aromatic rings. The van der Waals surface area contributed by atoms with Crippen LogP contribution in [0.5, 0.6) is 0 Å². The Hall–Kier alpha value is -0.640. The maximum Gasteiger partial charge on any atom is 0.0177 e. The Kier molecular flexibility index (Phi) is 6.94. The molecule has 0 saturated heterocycles. The topological polar surface area (TPSA) is 12.0 Å². The van der Waals surface area contributed by atoms with Crippen LogP contribution < -0.4 is 5.32 Å². The van der Waals surface area contributed by atoms with Gasteiger partial charge in [-0.05, 0) is 68.1 Å². The van der Waals surface area contributed by atoms with E-state index in [1.807, 2.05) is 11.3 Å². The Labute approximate surface area is 140 Å². The molecule has 0 radical (unpaired) electrons. The van der Waals surface area contributed by atoms with E-state index in [2.05, 4.69) is 71.5 Å². The van der Waals surface area contributed by atoms with E-state index in [-0.39, 0.29) is 0 Å². The van der Waals surface area contributed by atoms with Gasteiger partial charge in [-0.2, -0.15) is 0 Å². The lowest BCUT2D eigenvalue weighted by atomic mass is 9.95. The van der Waals surface area contributed by atoms with Crippen LogP contribution in [0, 0.1) is 5.92 Å². The summed E-state index contributed by atoms with van der Waals surface area (Å²) in [7, 11) is 0. The molecule has 1 unspecified atom stereocenters. The van der Waals surface area contributed by atoms with E-state index in [9.17, 15) is 0 Å². The molecule has 0 fully saturated rings. The second-order valence-electron chi connectivity index (χ2n) is 5.43. The Morgan fingerprint density at radius 3 is 2.57 bits per heavy atom. The second-order valence-corrected chi connectivity index (χ2v) is 7.60. The van der Waals surface area contributed by atoms with Gasteiger partial charge in [-0.15, -0.1) is 11.3 Å². The smallest absolute Gasteiger partial charge is 0.0177 e. The van der Waals surface area contributed by atoms with Crippen molar-refractivity contribution in [3.63, 3.8) is 0 Å². The maximum absolute atomic E-state index is 3.57. The molecule has 3 heteroatoms. The number of rotatable bonds is 8. The van der Waals surface area contributed by atoms with Gasteiger partial charge in [0, 0.05) is 14.2 Å². The maximum atomic E-state index is 3.57. The van der Waals surface area contributed by atoms with Gasteiger partial charge < -0.3 is 5.32 Å². The summed E-state index contributed by atoms with van der Waals surface area (Å²) in [4.78, 5) is 3.01. The SMILES string of the molecule is CCNCC(Cc1cccc(Br)c1)Cc1ccc(CC)s1. The summed E-state index contributed by atoms with van der Waals surface area (Å²) in [6.07, 6.45) is 3.45. The van der Waals surface area contributed by atoms with E-state index in [1.54, 1.807) is 0 Å². The molecule has 0 aliphatic carbocycles. The molecule has 0 aliphatic rings. The van der Waals surface area contributed by atoms with Crippen molar-refractivity contribution in [2.75, 3.05) is 13.1 Å². The molecule has 0 spiro atoms. The lowest BCUT2D eigenvalue weighted by Crippen LogP contribution is -2.25. The Bertz CT molecular complexity index is 550. The molecule has 1 nitrogen and oxygen atoms in total. The molecular weight excluding hydrogens is 342 g/mol. The van der Waals surface area contributed by atoms with Gasteiger partial charge in [0.15, 0.2) is 0 Å². The van der Waals surface area contributed by atoms with Crippen LogP contribution in [0.4, 0.5) is 0 Å². The fourth-order valence-electron chi connectivity index (χ4n) is 2.57. The zero-order chi connectivity index (χ0) is 15.1. The molecule has 1 aromatic carbocycles. The summed E-state index contributed by atoms with van der Waals surface area (Å²) in [5, 5.41) is 3.52. The number of hydrogen-bond acceptors (Lipinski definition) is 2. The highest BCUT2D eigenvalue weighted by Crippen LogP contribution is 2.23. The first-order chi connectivity index (χ1) is 10.2. The van der Waals surface area contributed by atoms with Gasteiger partial charge in [0.25, 0.3) is 0 Å². The van der Waals surface area contributed by atoms with Crippen molar-refractivity contribution < 1.29 is 0 Å². The highest BCUT2D eigenvalue weighted by molar-refractivity contribution is 9.10. The number of nitrogens with one attached hydrogen (secondary N) is 1. The summed E-state index contributed by atoms with van der Waals surface area (Å²) in [6, 6.07) is 13.3. The minimum atomic E-state index is 0.655. The van der Waals surface area contributed by atoms with E-state index in [1.165, 1.54) is 26.2 Å². The van der Waals surface area contributed by atoms with E-state index in [4.69, 9.17) is 0 Å². The van der Waals surface area contributed by atoms with E-state index in [0.717, 1.165) is 25.9 Å². The summed E-state index contributed by atoms with van der Waals surface area (Å²) < 4.78 is 1.17. The average molecular weight is 366 g/mol. The molecule has 21 heavy (non-hydrogen) atoms. The fourth-order valence-corrected chi connectivity index (χ4v) is 4.09. The van der Waals surface area contributed by atoms with Crippen LogP contribution in [0.2, 0.25) is 0 Å². The van der Waals surface area contributed by atoms with Gasteiger partial charge in [-0.3, -0.25) is 0 Å². The predicted molar refractivity (Wildman–Crippen MR) is 97.3 cm³/mol. The number of hydrogen-bond donors (Lipinski definition) is 1. The van der Waals surface area contributed by atoms with Gasteiger partial charge in [0.05, 0.1) is 0 Å². The Morgan fingerprint density at radius 2 is 1.90 bits per heavy atom. The third-order valence-electron chi connectivity index (χ3n) is 3.65. The summed E-state index contributed by atoms with van der Waals surface area (Å²) >= 11 is 5.54. The van der Waals surface area contributed by atoms with Gasteiger partial charge in [0.2, 0.25) is 0 Å². The summed E-state index contributed by atoms with van der Waals surface area (Å²) in [6.45, 7) is 6.53. The largest absolute Gasteiger partial charge is 0.317 e. The summed E-state index contributed by atoms with van der Waals surface area (Å²) in [5.74, 6) is 0.655. The van der Waals surface area contributed by atoms with Crippen LogP contribution >= 0.6 is 27.3 Å². The van der Waals surface area contributed by atoms with Crippen LogP contribution in [0.1, 0.15) is 29.2 Å². The van der Waals surface area contributed by atoms with Crippen molar-refractivity contribution in [2.24, 2.45) is 5.92 Å². The van der Waals surface area contributed by atoms with Crippen LogP contribution in [0.15, 0.2) is 40.9 Å².